The van der Waals surface area contributed by atoms with Crippen molar-refractivity contribution in [3.63, 3.8) is 0 Å². The van der Waals surface area contributed by atoms with Gasteiger partial charge in [-0.25, -0.2) is 0 Å². The van der Waals surface area contributed by atoms with Crippen LogP contribution in [0.25, 0.3) is 11.1 Å². The molecule has 1 radical (unpaired) electrons. The van der Waals surface area contributed by atoms with Crippen molar-refractivity contribution in [3.8, 4) is 16.9 Å². The first kappa shape index (κ1) is 26.9. The molecule has 0 aromatic heterocycles. The van der Waals surface area contributed by atoms with E-state index in [1.165, 1.54) is 28.6 Å². The molecular weight excluding hydrogens is 394 g/mol. The predicted molar refractivity (Wildman–Crippen MR) is 123 cm³/mol. The van der Waals surface area contributed by atoms with E-state index in [4.69, 9.17) is 4.74 Å². The van der Waals surface area contributed by atoms with E-state index >= 15 is 0 Å². The number of ether oxygens (including phenoxy) is 1. The maximum Gasteiger partial charge on any atom is 1.00 e. The van der Waals surface area contributed by atoms with Crippen molar-refractivity contribution in [2.75, 3.05) is 7.11 Å². The first-order valence-electron chi connectivity index (χ1n) is 9.66. The number of methoxy groups -OCH3 is 1. The van der Waals surface area contributed by atoms with Gasteiger partial charge in [0.15, 0.2) is 13.1 Å². The summed E-state index contributed by atoms with van der Waals surface area (Å²) in [4.78, 5) is 11.3. The number of fused-ring (bicyclic) bond motifs is 1. The van der Waals surface area contributed by atoms with Crippen LogP contribution in [0.15, 0.2) is 66.7 Å². The molecule has 0 spiro atoms. The van der Waals surface area contributed by atoms with E-state index in [-0.39, 0.29) is 64.6 Å². The van der Waals surface area contributed by atoms with Crippen LogP contribution in [0, 0.1) is 13.5 Å². The van der Waals surface area contributed by atoms with Gasteiger partial charge in [-0.3, -0.25) is 4.79 Å². The number of carbonyl (C=O) groups is 1. The molecule has 0 saturated carbocycles. The summed E-state index contributed by atoms with van der Waals surface area (Å²) in [7, 11) is 4.01. The zero-order chi connectivity index (χ0) is 19.9. The fourth-order valence-electron chi connectivity index (χ4n) is 3.34. The van der Waals surface area contributed by atoms with E-state index in [9.17, 15) is 4.79 Å². The standard InChI is InChI=1S/C18H18BO.C7H7O.CH3.K/c1-12-3-4-17-11-16(9-10-18(17)19-12)15-7-5-14(6-8-15)13(2)20;1-8-7-5-3-2-4-6-7;;/h5-12H,3-4H2,1-2H3;3-6H,1H3;1H3;/q;2*-1;+1/t12-;;;/m0.../s1. The summed E-state index contributed by atoms with van der Waals surface area (Å²) >= 11 is 0. The molecular formula is C26H28BKO2-. The summed E-state index contributed by atoms with van der Waals surface area (Å²) < 4.78 is 4.89. The van der Waals surface area contributed by atoms with Crippen LogP contribution in [0.2, 0.25) is 5.82 Å². The zero-order valence-corrected chi connectivity index (χ0v) is 21.9. The molecule has 0 fully saturated rings. The Labute approximate surface area is 225 Å². The monoisotopic (exact) mass is 422 g/mol. The molecule has 1 atom stereocenters. The number of rotatable bonds is 3. The molecule has 149 valence electrons. The molecule has 0 aliphatic carbocycles. The van der Waals surface area contributed by atoms with Crippen molar-refractivity contribution in [2.24, 2.45) is 0 Å². The van der Waals surface area contributed by atoms with Crippen molar-refractivity contribution >= 4 is 18.5 Å². The maximum atomic E-state index is 11.3. The Bertz CT molecular complexity index is 924. The predicted octanol–water partition coefficient (Wildman–Crippen LogP) is 2.59. The van der Waals surface area contributed by atoms with Gasteiger partial charge in [0.25, 0.3) is 0 Å². The number of hydrogen-bond donors (Lipinski definition) is 0. The molecule has 3 aromatic carbocycles. The van der Waals surface area contributed by atoms with Crippen LogP contribution in [-0.4, -0.2) is 20.2 Å². The summed E-state index contributed by atoms with van der Waals surface area (Å²) in [5.74, 6) is 1.68. The summed E-state index contributed by atoms with van der Waals surface area (Å²) in [5.41, 5.74) is 6.01. The average molecular weight is 422 g/mol. The van der Waals surface area contributed by atoms with E-state index in [0.717, 1.165) is 17.7 Å². The fourth-order valence-corrected chi connectivity index (χ4v) is 3.34. The molecule has 0 N–H and O–H groups in total. The molecule has 1 heterocycles. The molecule has 1 aliphatic heterocycles. The molecule has 2 nitrogen and oxygen atoms in total. The molecule has 0 amide bonds. The first-order valence-corrected chi connectivity index (χ1v) is 9.66. The van der Waals surface area contributed by atoms with Crippen molar-refractivity contribution in [2.45, 2.75) is 32.5 Å². The summed E-state index contributed by atoms with van der Waals surface area (Å²) in [5, 5.41) is 0. The minimum absolute atomic E-state index is 0. The van der Waals surface area contributed by atoms with Crippen LogP contribution >= 0.6 is 0 Å². The van der Waals surface area contributed by atoms with Gasteiger partial charge in [-0.1, -0.05) is 72.7 Å². The van der Waals surface area contributed by atoms with Gasteiger partial charge in [-0.15, -0.1) is 12.1 Å². The number of aryl methyl sites for hydroxylation is 1. The molecule has 0 bridgehead atoms. The largest absolute Gasteiger partial charge is 1.00 e. The zero-order valence-electron chi connectivity index (χ0n) is 18.7. The Balaban J connectivity index is 0.000000385. The topological polar surface area (TPSA) is 26.3 Å². The van der Waals surface area contributed by atoms with Crippen LogP contribution in [0.4, 0.5) is 0 Å². The molecule has 3 aromatic rings. The second-order valence-electron chi connectivity index (χ2n) is 7.17. The summed E-state index contributed by atoms with van der Waals surface area (Å²) in [6.45, 7) is 3.88. The van der Waals surface area contributed by atoms with Crippen LogP contribution in [-0.2, 0) is 6.42 Å². The second kappa shape index (κ2) is 13.3. The number of carbonyl (C=O) groups excluding carboxylic acids is 1. The number of hydrogen-bond acceptors (Lipinski definition) is 2. The van der Waals surface area contributed by atoms with Crippen LogP contribution in [0.1, 0.15) is 36.2 Å². The Morgan fingerprint density at radius 2 is 1.67 bits per heavy atom. The van der Waals surface area contributed by atoms with Crippen LogP contribution in [0.3, 0.4) is 0 Å². The third-order valence-electron chi connectivity index (χ3n) is 5.02. The van der Waals surface area contributed by atoms with Gasteiger partial charge in [-0.05, 0) is 24.5 Å². The van der Waals surface area contributed by atoms with Crippen molar-refractivity contribution in [1.82, 2.24) is 0 Å². The van der Waals surface area contributed by atoms with Gasteiger partial charge in [0.05, 0.1) is 7.11 Å². The number of benzene rings is 3. The van der Waals surface area contributed by atoms with Crippen molar-refractivity contribution in [1.29, 1.82) is 0 Å². The van der Waals surface area contributed by atoms with E-state index < -0.39 is 0 Å². The molecule has 4 rings (SSSR count). The number of Topliss-reactive ketones (excluding diaryl/α,β-unsaturated/α-hetero) is 1. The average Bonchev–Trinajstić information content (AvgIpc) is 2.74. The van der Waals surface area contributed by atoms with E-state index in [2.05, 4.69) is 38.5 Å². The van der Waals surface area contributed by atoms with Gasteiger partial charge in [0.2, 0.25) is 0 Å². The molecule has 0 saturated heterocycles. The quantitative estimate of drug-likeness (QED) is 0.369. The molecule has 4 heteroatoms. The minimum Gasteiger partial charge on any atom is -0.522 e. The molecule has 30 heavy (non-hydrogen) atoms. The normalized spacial score (nSPS) is 13.8. The van der Waals surface area contributed by atoms with Gasteiger partial charge < -0.3 is 12.2 Å². The fraction of sp³-hybridized carbons (Fsp3) is 0.231. The maximum absolute atomic E-state index is 11.3. The van der Waals surface area contributed by atoms with Gasteiger partial charge in [0, 0.05) is 11.3 Å². The molecule has 0 unspecified atom stereocenters. The van der Waals surface area contributed by atoms with E-state index in [1.807, 2.05) is 48.5 Å². The van der Waals surface area contributed by atoms with E-state index in [0.29, 0.717) is 5.82 Å². The van der Waals surface area contributed by atoms with Crippen molar-refractivity contribution < 1.29 is 60.9 Å². The van der Waals surface area contributed by atoms with Gasteiger partial charge in [-0.2, -0.15) is 18.2 Å². The Kier molecular flexibility index (Phi) is 11.9. The second-order valence-corrected chi connectivity index (χ2v) is 7.17. The Hall–Kier alpha value is -1.17. The molecule has 1 aliphatic rings. The summed E-state index contributed by atoms with van der Waals surface area (Å²) in [6, 6.07) is 24.8. The van der Waals surface area contributed by atoms with Crippen LogP contribution < -0.4 is 61.6 Å². The third kappa shape index (κ3) is 7.51. The van der Waals surface area contributed by atoms with E-state index in [1.54, 1.807) is 14.0 Å². The number of ketones is 1. The SMILES string of the molecule is CC(=O)c1ccc(-c2ccc3c(c2)CC[C@H](C)[B]3)cc1.COc1cc[c-]cc1.[CH3-].[K+]. The summed E-state index contributed by atoms with van der Waals surface area (Å²) in [6.07, 6.45) is 2.39. The smallest absolute Gasteiger partial charge is 0.522 e. The van der Waals surface area contributed by atoms with Crippen molar-refractivity contribution in [3.05, 3.63) is 91.3 Å². The Morgan fingerprint density at radius 1 is 1.03 bits per heavy atom. The van der Waals surface area contributed by atoms with Crippen LogP contribution in [0.5, 0.6) is 5.75 Å². The first-order chi connectivity index (χ1) is 13.6. The van der Waals surface area contributed by atoms with Gasteiger partial charge in [0.1, 0.15) is 0 Å². The minimum atomic E-state index is 0. The Morgan fingerprint density at radius 3 is 2.23 bits per heavy atom. The van der Waals surface area contributed by atoms with Gasteiger partial charge >= 0.3 is 51.4 Å². The third-order valence-corrected chi connectivity index (χ3v) is 5.02.